The standard InChI is InChI=1S/C16H20N2O5S/c19-13(10-24-11-14(20)18-6-8-23-9-7-18)17-15(16(21)22)12-4-2-1-3-5-12/h1-5,15H,6-11H2,(H,17,19)(H,21,22)/t15-/m1/s1. The largest absolute Gasteiger partial charge is 0.479 e. The van der Waals surface area contributed by atoms with E-state index in [9.17, 15) is 19.5 Å². The van der Waals surface area contributed by atoms with Gasteiger partial charge in [0.05, 0.1) is 24.7 Å². The molecule has 0 aromatic heterocycles. The van der Waals surface area contributed by atoms with Crippen molar-refractivity contribution in [3.05, 3.63) is 35.9 Å². The topological polar surface area (TPSA) is 95.9 Å². The van der Waals surface area contributed by atoms with E-state index in [0.717, 1.165) is 0 Å². The van der Waals surface area contributed by atoms with Crippen molar-refractivity contribution in [3.63, 3.8) is 0 Å². The van der Waals surface area contributed by atoms with Crippen LogP contribution in [0.15, 0.2) is 30.3 Å². The number of morpholine rings is 1. The molecule has 1 saturated heterocycles. The molecule has 2 N–H and O–H groups in total. The van der Waals surface area contributed by atoms with Gasteiger partial charge in [0.25, 0.3) is 0 Å². The molecule has 0 spiro atoms. The Bertz CT molecular complexity index is 575. The van der Waals surface area contributed by atoms with E-state index in [2.05, 4.69) is 5.32 Å². The van der Waals surface area contributed by atoms with Gasteiger partial charge in [-0.25, -0.2) is 4.79 Å². The molecule has 1 fully saturated rings. The second kappa shape index (κ2) is 9.29. The number of nitrogens with one attached hydrogen (secondary N) is 1. The molecule has 1 aromatic carbocycles. The van der Waals surface area contributed by atoms with Gasteiger partial charge in [0, 0.05) is 13.1 Å². The molecule has 1 heterocycles. The smallest absolute Gasteiger partial charge is 0.330 e. The monoisotopic (exact) mass is 352 g/mol. The highest BCUT2D eigenvalue weighted by Gasteiger charge is 2.22. The molecule has 0 unspecified atom stereocenters. The number of aliphatic carboxylic acids is 1. The molecule has 0 radical (unpaired) electrons. The van der Waals surface area contributed by atoms with Crippen LogP contribution >= 0.6 is 11.8 Å². The van der Waals surface area contributed by atoms with E-state index in [4.69, 9.17) is 4.74 Å². The van der Waals surface area contributed by atoms with Crippen LogP contribution in [0, 0.1) is 0 Å². The summed E-state index contributed by atoms with van der Waals surface area (Å²) in [5.74, 6) is -1.34. The van der Waals surface area contributed by atoms with Crippen LogP contribution in [-0.2, 0) is 19.1 Å². The number of rotatable bonds is 7. The second-order valence-electron chi connectivity index (χ2n) is 5.24. The van der Waals surface area contributed by atoms with Crippen LogP contribution in [0.3, 0.4) is 0 Å². The molecule has 0 saturated carbocycles. The fraction of sp³-hybridized carbons (Fsp3) is 0.438. The lowest BCUT2D eigenvalue weighted by Crippen LogP contribution is -2.42. The third-order valence-electron chi connectivity index (χ3n) is 3.51. The quantitative estimate of drug-likeness (QED) is 0.743. The lowest BCUT2D eigenvalue weighted by atomic mass is 10.1. The Hall–Kier alpha value is -2.06. The van der Waals surface area contributed by atoms with Crippen LogP contribution in [0.4, 0.5) is 0 Å². The Balaban J connectivity index is 1.77. The Morgan fingerprint density at radius 2 is 1.83 bits per heavy atom. The van der Waals surface area contributed by atoms with Crippen molar-refractivity contribution in [3.8, 4) is 0 Å². The van der Waals surface area contributed by atoms with Crippen LogP contribution in [0.25, 0.3) is 0 Å². The van der Waals surface area contributed by atoms with Gasteiger partial charge in [0.15, 0.2) is 6.04 Å². The number of thioether (sulfide) groups is 1. The molecular weight excluding hydrogens is 332 g/mol. The average Bonchev–Trinajstić information content (AvgIpc) is 2.61. The van der Waals surface area contributed by atoms with Gasteiger partial charge >= 0.3 is 5.97 Å². The predicted octanol–water partition coefficient (Wildman–Crippen LogP) is 0.521. The van der Waals surface area contributed by atoms with E-state index in [1.807, 2.05) is 0 Å². The molecule has 8 heteroatoms. The minimum absolute atomic E-state index is 0.0334. The van der Waals surface area contributed by atoms with E-state index in [0.29, 0.717) is 31.9 Å². The van der Waals surface area contributed by atoms with Crippen molar-refractivity contribution >= 4 is 29.5 Å². The summed E-state index contributed by atoms with van der Waals surface area (Å²) in [4.78, 5) is 36.9. The number of nitrogens with zero attached hydrogens (tertiary/aromatic N) is 1. The lowest BCUT2D eigenvalue weighted by molar-refractivity contribution is -0.141. The fourth-order valence-electron chi connectivity index (χ4n) is 2.27. The second-order valence-corrected chi connectivity index (χ2v) is 6.22. The van der Waals surface area contributed by atoms with Crippen LogP contribution in [0.1, 0.15) is 11.6 Å². The molecule has 1 aromatic rings. The number of carboxylic acid groups (broad SMARTS) is 1. The van der Waals surface area contributed by atoms with Gasteiger partial charge in [0.1, 0.15) is 0 Å². The van der Waals surface area contributed by atoms with Gasteiger partial charge in [-0.2, -0.15) is 0 Å². The summed E-state index contributed by atoms with van der Waals surface area (Å²) in [6, 6.07) is 7.41. The maximum Gasteiger partial charge on any atom is 0.330 e. The number of carbonyl (C=O) groups is 3. The van der Waals surface area contributed by atoms with Gasteiger partial charge in [0.2, 0.25) is 11.8 Å². The predicted molar refractivity (Wildman–Crippen MR) is 89.7 cm³/mol. The van der Waals surface area contributed by atoms with E-state index in [1.54, 1.807) is 35.2 Å². The van der Waals surface area contributed by atoms with E-state index < -0.39 is 17.9 Å². The van der Waals surface area contributed by atoms with Gasteiger partial charge in [-0.15, -0.1) is 11.8 Å². The molecule has 1 aliphatic heterocycles. The average molecular weight is 352 g/mol. The van der Waals surface area contributed by atoms with Crippen LogP contribution in [0.2, 0.25) is 0 Å². The van der Waals surface area contributed by atoms with Gasteiger partial charge in [-0.05, 0) is 5.56 Å². The van der Waals surface area contributed by atoms with Crippen LogP contribution in [0.5, 0.6) is 0 Å². The maximum atomic E-state index is 12.0. The number of benzene rings is 1. The van der Waals surface area contributed by atoms with E-state index >= 15 is 0 Å². The number of carboxylic acids is 1. The molecule has 7 nitrogen and oxygen atoms in total. The Morgan fingerprint density at radius 1 is 1.17 bits per heavy atom. The van der Waals surface area contributed by atoms with Gasteiger partial charge < -0.3 is 20.1 Å². The third kappa shape index (κ3) is 5.54. The van der Waals surface area contributed by atoms with E-state index in [-0.39, 0.29) is 17.4 Å². The first-order chi connectivity index (χ1) is 11.6. The highest BCUT2D eigenvalue weighted by Crippen LogP contribution is 2.13. The van der Waals surface area contributed by atoms with Crippen molar-refractivity contribution in [1.82, 2.24) is 10.2 Å². The van der Waals surface area contributed by atoms with Crippen molar-refractivity contribution in [2.75, 3.05) is 37.8 Å². The SMILES string of the molecule is O=C(CSCC(=O)N1CCOCC1)N[C@@H](C(=O)O)c1ccccc1. The molecule has 24 heavy (non-hydrogen) atoms. The zero-order valence-electron chi connectivity index (χ0n) is 13.1. The molecule has 2 amide bonds. The zero-order valence-corrected chi connectivity index (χ0v) is 14.0. The summed E-state index contributed by atoms with van der Waals surface area (Å²) >= 11 is 1.18. The summed E-state index contributed by atoms with van der Waals surface area (Å²) in [5.41, 5.74) is 0.507. The van der Waals surface area contributed by atoms with Gasteiger partial charge in [-0.3, -0.25) is 9.59 Å². The Kier molecular flexibility index (Phi) is 7.07. The molecule has 2 rings (SSSR count). The highest BCUT2D eigenvalue weighted by molar-refractivity contribution is 8.00. The Morgan fingerprint density at radius 3 is 2.46 bits per heavy atom. The fourth-order valence-corrected chi connectivity index (χ4v) is 3.00. The number of ether oxygens (including phenoxy) is 1. The maximum absolute atomic E-state index is 12.0. The van der Waals surface area contributed by atoms with Gasteiger partial charge in [-0.1, -0.05) is 30.3 Å². The first-order valence-electron chi connectivity index (χ1n) is 7.58. The molecule has 0 aliphatic carbocycles. The summed E-state index contributed by atoms with van der Waals surface area (Å²) in [7, 11) is 0. The summed E-state index contributed by atoms with van der Waals surface area (Å²) in [5, 5.41) is 11.7. The van der Waals surface area contributed by atoms with Crippen molar-refractivity contribution in [2.24, 2.45) is 0 Å². The molecule has 1 aliphatic rings. The summed E-state index contributed by atoms with van der Waals surface area (Å²) < 4.78 is 5.18. The van der Waals surface area contributed by atoms with Crippen LogP contribution < -0.4 is 5.32 Å². The molecular formula is C16H20N2O5S. The van der Waals surface area contributed by atoms with E-state index in [1.165, 1.54) is 11.8 Å². The molecule has 130 valence electrons. The van der Waals surface area contributed by atoms with Crippen molar-refractivity contribution < 1.29 is 24.2 Å². The van der Waals surface area contributed by atoms with Crippen LogP contribution in [-0.4, -0.2) is 65.6 Å². The first kappa shape index (κ1) is 18.3. The number of carbonyl (C=O) groups excluding carboxylic acids is 2. The third-order valence-corrected chi connectivity index (χ3v) is 4.43. The minimum Gasteiger partial charge on any atom is -0.479 e. The van der Waals surface area contributed by atoms with Crippen molar-refractivity contribution in [2.45, 2.75) is 6.04 Å². The number of amides is 2. The molecule has 0 bridgehead atoms. The van der Waals surface area contributed by atoms with Crippen molar-refractivity contribution in [1.29, 1.82) is 0 Å². The highest BCUT2D eigenvalue weighted by atomic mass is 32.2. The number of hydrogen-bond donors (Lipinski definition) is 2. The normalized spacial score (nSPS) is 15.6. The zero-order chi connectivity index (χ0) is 17.4. The summed E-state index contributed by atoms with van der Waals surface area (Å²) in [6.07, 6.45) is 0. The molecule has 1 atom stereocenters. The Labute approximate surface area is 144 Å². The first-order valence-corrected chi connectivity index (χ1v) is 8.74. The summed E-state index contributed by atoms with van der Waals surface area (Å²) in [6.45, 7) is 2.21. The number of hydrogen-bond acceptors (Lipinski definition) is 5. The lowest BCUT2D eigenvalue weighted by Gasteiger charge is -2.26. The minimum atomic E-state index is -1.12.